The molecule has 0 spiro atoms. The third-order valence-corrected chi connectivity index (χ3v) is 4.67. The molecule has 0 heterocycles. The van der Waals surface area contributed by atoms with Crippen molar-refractivity contribution in [3.63, 3.8) is 0 Å². The zero-order chi connectivity index (χ0) is 14.7. The Morgan fingerprint density at radius 2 is 2.00 bits per heavy atom. The van der Waals surface area contributed by atoms with E-state index in [4.69, 9.17) is 5.73 Å². The molecular weight excluding hydrogens is 369 g/mol. The van der Waals surface area contributed by atoms with Crippen molar-refractivity contribution in [3.8, 4) is 0 Å². The number of alkyl halides is 3. The van der Waals surface area contributed by atoms with Crippen LogP contribution in [0.15, 0.2) is 27.6 Å². The molecule has 0 aliphatic rings. The zero-order valence-electron chi connectivity index (χ0n) is 9.37. The average molecular weight is 379 g/mol. The SMILES string of the molecule is Nc1ccc(Br)cc1S(=O)(=O)NCCSC(F)(F)F. The van der Waals surface area contributed by atoms with Gasteiger partial charge in [0.2, 0.25) is 10.0 Å². The van der Waals surface area contributed by atoms with Crippen LogP contribution in [-0.2, 0) is 10.0 Å². The molecule has 0 aliphatic heterocycles. The normalized spacial score (nSPS) is 12.6. The lowest BCUT2D eigenvalue weighted by molar-refractivity contribution is -0.0327. The summed E-state index contributed by atoms with van der Waals surface area (Å²) in [6.07, 6.45) is 0. The van der Waals surface area contributed by atoms with Crippen LogP contribution in [0.2, 0.25) is 0 Å². The number of halogens is 4. The van der Waals surface area contributed by atoms with Crippen LogP contribution in [-0.4, -0.2) is 26.2 Å². The van der Waals surface area contributed by atoms with Crippen molar-refractivity contribution in [2.75, 3.05) is 18.0 Å². The van der Waals surface area contributed by atoms with Gasteiger partial charge >= 0.3 is 5.51 Å². The molecule has 108 valence electrons. The molecule has 19 heavy (non-hydrogen) atoms. The predicted molar refractivity (Wildman–Crippen MR) is 72.3 cm³/mol. The van der Waals surface area contributed by atoms with E-state index in [2.05, 4.69) is 20.7 Å². The van der Waals surface area contributed by atoms with Crippen molar-refractivity contribution >= 4 is 43.4 Å². The largest absolute Gasteiger partial charge is 0.441 e. The van der Waals surface area contributed by atoms with Gasteiger partial charge in [-0.05, 0) is 30.0 Å². The van der Waals surface area contributed by atoms with Gasteiger partial charge in [-0.3, -0.25) is 0 Å². The van der Waals surface area contributed by atoms with E-state index >= 15 is 0 Å². The van der Waals surface area contributed by atoms with E-state index < -0.39 is 21.3 Å². The maximum absolute atomic E-state index is 11.9. The summed E-state index contributed by atoms with van der Waals surface area (Å²) in [4.78, 5) is -0.168. The van der Waals surface area contributed by atoms with Crippen LogP contribution in [0.1, 0.15) is 0 Å². The lowest BCUT2D eigenvalue weighted by atomic mass is 10.3. The Kier molecular flexibility index (Phi) is 5.53. The van der Waals surface area contributed by atoms with Gasteiger partial charge in [0.05, 0.1) is 5.69 Å². The van der Waals surface area contributed by atoms with Gasteiger partial charge in [-0.1, -0.05) is 15.9 Å². The molecule has 4 nitrogen and oxygen atoms in total. The second-order valence-corrected chi connectivity index (χ2v) is 7.19. The molecule has 0 atom stereocenters. The summed E-state index contributed by atoms with van der Waals surface area (Å²) in [5.74, 6) is -0.406. The van der Waals surface area contributed by atoms with Crippen molar-refractivity contribution < 1.29 is 21.6 Å². The average Bonchev–Trinajstić information content (AvgIpc) is 2.26. The summed E-state index contributed by atoms with van der Waals surface area (Å²) in [5.41, 5.74) is 1.18. The van der Waals surface area contributed by atoms with Crippen LogP contribution in [0.5, 0.6) is 0 Å². The molecule has 0 aliphatic carbocycles. The molecule has 0 bridgehead atoms. The van der Waals surface area contributed by atoms with E-state index in [0.717, 1.165) is 0 Å². The highest BCUT2D eigenvalue weighted by atomic mass is 79.9. The van der Waals surface area contributed by atoms with Crippen molar-refractivity contribution in [3.05, 3.63) is 22.7 Å². The minimum absolute atomic E-state index is 0.0270. The number of benzene rings is 1. The van der Waals surface area contributed by atoms with Gasteiger partial charge in [0, 0.05) is 16.8 Å². The number of thioether (sulfide) groups is 1. The number of anilines is 1. The van der Waals surface area contributed by atoms with Gasteiger partial charge in [0.15, 0.2) is 0 Å². The topological polar surface area (TPSA) is 72.2 Å². The Morgan fingerprint density at radius 1 is 1.37 bits per heavy atom. The molecule has 0 aromatic heterocycles. The minimum Gasteiger partial charge on any atom is -0.398 e. The number of nitrogens with one attached hydrogen (secondary N) is 1. The molecule has 1 rings (SSSR count). The minimum atomic E-state index is -4.37. The third-order valence-electron chi connectivity index (χ3n) is 1.92. The van der Waals surface area contributed by atoms with Gasteiger partial charge in [-0.15, -0.1) is 0 Å². The summed E-state index contributed by atoms with van der Waals surface area (Å²) < 4.78 is 61.9. The van der Waals surface area contributed by atoms with Gasteiger partial charge in [0.25, 0.3) is 0 Å². The fraction of sp³-hybridized carbons (Fsp3) is 0.333. The third kappa shape index (κ3) is 5.59. The predicted octanol–water partition coefficient (Wildman–Crippen LogP) is 2.56. The van der Waals surface area contributed by atoms with Crippen molar-refractivity contribution in [2.24, 2.45) is 0 Å². The van der Waals surface area contributed by atoms with Crippen LogP contribution >= 0.6 is 27.7 Å². The lowest BCUT2D eigenvalue weighted by Gasteiger charge is -2.10. The first kappa shape index (κ1) is 16.6. The highest BCUT2D eigenvalue weighted by molar-refractivity contribution is 9.10. The standard InChI is InChI=1S/C9H10BrF3N2O2S2/c10-6-1-2-7(14)8(5-6)19(16,17)15-3-4-18-9(11,12)13/h1-2,5,15H,3-4,14H2. The maximum Gasteiger partial charge on any atom is 0.441 e. The maximum atomic E-state index is 11.9. The number of nitrogen functional groups attached to an aromatic ring is 1. The van der Waals surface area contributed by atoms with Crippen LogP contribution in [0.3, 0.4) is 0 Å². The molecule has 1 aromatic carbocycles. The number of hydrogen-bond acceptors (Lipinski definition) is 4. The molecule has 3 N–H and O–H groups in total. The quantitative estimate of drug-likeness (QED) is 0.609. The summed E-state index contributed by atoms with van der Waals surface area (Å²) in [6, 6.07) is 4.24. The van der Waals surface area contributed by atoms with Crippen molar-refractivity contribution in [2.45, 2.75) is 10.4 Å². The number of nitrogens with two attached hydrogens (primary N) is 1. The molecule has 0 saturated carbocycles. The van der Waals surface area contributed by atoms with Gasteiger partial charge in [0.1, 0.15) is 4.90 Å². The summed E-state index contributed by atoms with van der Waals surface area (Å²) in [6.45, 7) is -0.335. The molecule has 0 fully saturated rings. The summed E-state index contributed by atoms with van der Waals surface area (Å²) in [7, 11) is -3.92. The summed E-state index contributed by atoms with van der Waals surface area (Å²) >= 11 is 2.81. The lowest BCUT2D eigenvalue weighted by Crippen LogP contribution is -2.27. The molecule has 1 aromatic rings. The molecule has 0 radical (unpaired) electrons. The van der Waals surface area contributed by atoms with Gasteiger partial charge in [-0.2, -0.15) is 13.2 Å². The van der Waals surface area contributed by atoms with E-state index in [1.165, 1.54) is 12.1 Å². The number of hydrogen-bond donors (Lipinski definition) is 2. The van der Waals surface area contributed by atoms with E-state index in [-0.39, 0.29) is 28.9 Å². The van der Waals surface area contributed by atoms with Crippen LogP contribution in [0, 0.1) is 0 Å². The molecule has 0 saturated heterocycles. The Labute approximate surface area is 121 Å². The molecular formula is C9H10BrF3N2O2S2. The highest BCUT2D eigenvalue weighted by Gasteiger charge is 2.28. The monoisotopic (exact) mass is 378 g/mol. The van der Waals surface area contributed by atoms with Crippen LogP contribution in [0.4, 0.5) is 18.9 Å². The molecule has 10 heteroatoms. The first-order valence-electron chi connectivity index (χ1n) is 4.87. The second kappa shape index (κ2) is 6.33. The fourth-order valence-corrected chi connectivity index (χ4v) is 3.43. The molecule has 0 unspecified atom stereocenters. The van der Waals surface area contributed by atoms with Crippen molar-refractivity contribution in [1.82, 2.24) is 4.72 Å². The van der Waals surface area contributed by atoms with Gasteiger partial charge in [-0.25, -0.2) is 13.1 Å². The van der Waals surface area contributed by atoms with Crippen LogP contribution in [0.25, 0.3) is 0 Å². The van der Waals surface area contributed by atoms with E-state index in [9.17, 15) is 21.6 Å². The molecule has 0 amide bonds. The van der Waals surface area contributed by atoms with Gasteiger partial charge < -0.3 is 5.73 Å². The Balaban J connectivity index is 2.69. The highest BCUT2D eigenvalue weighted by Crippen LogP contribution is 2.29. The van der Waals surface area contributed by atoms with Crippen molar-refractivity contribution in [1.29, 1.82) is 0 Å². The number of rotatable bonds is 5. The first-order chi connectivity index (χ1) is 8.62. The smallest absolute Gasteiger partial charge is 0.398 e. The summed E-state index contributed by atoms with van der Waals surface area (Å²) in [5, 5.41) is 0. The first-order valence-corrected chi connectivity index (χ1v) is 8.13. The van der Waals surface area contributed by atoms with E-state index in [1.807, 2.05) is 0 Å². The second-order valence-electron chi connectivity index (χ2n) is 3.37. The zero-order valence-corrected chi connectivity index (χ0v) is 12.6. The van der Waals surface area contributed by atoms with Crippen LogP contribution < -0.4 is 10.5 Å². The Hall–Kier alpha value is -0.450. The fourth-order valence-electron chi connectivity index (χ4n) is 1.16. The number of sulfonamides is 1. The Morgan fingerprint density at radius 3 is 2.58 bits per heavy atom. The van der Waals surface area contributed by atoms with E-state index in [1.54, 1.807) is 6.07 Å². The van der Waals surface area contributed by atoms with E-state index in [0.29, 0.717) is 4.47 Å². The Bertz CT molecular complexity index is 549.